The van der Waals surface area contributed by atoms with Gasteiger partial charge in [0.2, 0.25) is 0 Å². The zero-order chi connectivity index (χ0) is 20.2. The Labute approximate surface area is 165 Å². The normalized spacial score (nSPS) is 10.8. The van der Waals surface area contributed by atoms with Gasteiger partial charge in [0, 0.05) is 18.0 Å². The number of hydrogen-bond donors (Lipinski definition) is 2. The van der Waals surface area contributed by atoms with Crippen molar-refractivity contribution < 1.29 is 19.5 Å². The summed E-state index contributed by atoms with van der Waals surface area (Å²) in [6.07, 6.45) is 7.72. The van der Waals surface area contributed by atoms with Gasteiger partial charge in [-0.2, -0.15) is 0 Å². The number of imide groups is 1. The summed E-state index contributed by atoms with van der Waals surface area (Å²) in [5.74, 6) is 0.113. The minimum atomic E-state index is -0.875. The van der Waals surface area contributed by atoms with Gasteiger partial charge >= 0.3 is 6.03 Å². The number of unbranched alkanes of at least 4 members (excludes halogenated alkanes) is 3. The topological polar surface area (TPSA) is 78.9 Å². The molecule has 3 amide bonds. The minimum Gasteiger partial charge on any atom is -0.493 e. The third kappa shape index (κ3) is 6.55. The van der Waals surface area contributed by atoms with Crippen LogP contribution >= 0.6 is 0 Å². The SMILES string of the molecule is C=CCNC(=O)N(O)C(=O)C=CCCCCCOc1cccc2ccccc12. The zero-order valence-corrected chi connectivity index (χ0v) is 15.8. The highest BCUT2D eigenvalue weighted by molar-refractivity contribution is 5.98. The molecule has 2 aromatic carbocycles. The number of rotatable bonds is 10. The van der Waals surface area contributed by atoms with Gasteiger partial charge in [-0.1, -0.05) is 48.6 Å². The predicted molar refractivity (Wildman–Crippen MR) is 109 cm³/mol. The van der Waals surface area contributed by atoms with E-state index in [-0.39, 0.29) is 11.6 Å². The molecule has 0 atom stereocenters. The third-order valence-corrected chi connectivity index (χ3v) is 4.08. The van der Waals surface area contributed by atoms with Crippen LogP contribution in [0.1, 0.15) is 25.7 Å². The molecular weight excluding hydrogens is 356 g/mol. The van der Waals surface area contributed by atoms with Crippen LogP contribution in [0.25, 0.3) is 10.8 Å². The molecule has 2 aromatic rings. The van der Waals surface area contributed by atoms with Crippen molar-refractivity contribution in [2.24, 2.45) is 0 Å². The molecule has 0 aliphatic heterocycles. The highest BCUT2D eigenvalue weighted by Crippen LogP contribution is 2.25. The fraction of sp³-hybridized carbons (Fsp3) is 0.273. The Balaban J connectivity index is 1.62. The maximum absolute atomic E-state index is 11.6. The second kappa shape index (κ2) is 11.6. The van der Waals surface area contributed by atoms with Gasteiger partial charge < -0.3 is 10.1 Å². The second-order valence-corrected chi connectivity index (χ2v) is 6.20. The lowest BCUT2D eigenvalue weighted by molar-refractivity contribution is -0.146. The van der Waals surface area contributed by atoms with E-state index in [4.69, 9.17) is 4.74 Å². The molecule has 148 valence electrons. The van der Waals surface area contributed by atoms with E-state index >= 15 is 0 Å². The highest BCUT2D eigenvalue weighted by atomic mass is 16.5. The number of allylic oxidation sites excluding steroid dienone is 1. The lowest BCUT2D eigenvalue weighted by Crippen LogP contribution is -2.40. The number of fused-ring (bicyclic) bond motifs is 1. The highest BCUT2D eigenvalue weighted by Gasteiger charge is 2.15. The van der Waals surface area contributed by atoms with E-state index in [9.17, 15) is 14.8 Å². The van der Waals surface area contributed by atoms with E-state index in [0.29, 0.717) is 13.0 Å². The fourth-order valence-corrected chi connectivity index (χ4v) is 2.63. The molecule has 0 aromatic heterocycles. The van der Waals surface area contributed by atoms with Crippen molar-refractivity contribution in [3.8, 4) is 5.75 Å². The van der Waals surface area contributed by atoms with E-state index in [1.807, 2.05) is 24.3 Å². The number of ether oxygens (including phenoxy) is 1. The molecular formula is C22H26N2O4. The smallest absolute Gasteiger partial charge is 0.349 e. The quantitative estimate of drug-likeness (QED) is 0.209. The van der Waals surface area contributed by atoms with Gasteiger partial charge in [0.25, 0.3) is 5.91 Å². The summed E-state index contributed by atoms with van der Waals surface area (Å²) in [6.45, 7) is 4.24. The minimum absolute atomic E-state index is 0.0536. The Morgan fingerprint density at radius 2 is 1.89 bits per heavy atom. The second-order valence-electron chi connectivity index (χ2n) is 6.20. The summed E-state index contributed by atoms with van der Waals surface area (Å²) in [7, 11) is 0. The first kappa shape index (κ1) is 21.2. The van der Waals surface area contributed by atoms with Gasteiger partial charge in [0.05, 0.1) is 6.61 Å². The van der Waals surface area contributed by atoms with Crippen molar-refractivity contribution in [2.45, 2.75) is 25.7 Å². The van der Waals surface area contributed by atoms with E-state index in [1.165, 1.54) is 12.2 Å². The van der Waals surface area contributed by atoms with E-state index in [2.05, 4.69) is 30.1 Å². The predicted octanol–water partition coefficient (Wildman–Crippen LogP) is 4.45. The van der Waals surface area contributed by atoms with Crippen LogP contribution in [0.15, 0.2) is 67.3 Å². The average molecular weight is 382 g/mol. The monoisotopic (exact) mass is 382 g/mol. The van der Waals surface area contributed by atoms with Gasteiger partial charge in [-0.05, 0) is 37.1 Å². The summed E-state index contributed by atoms with van der Waals surface area (Å²) in [6, 6.07) is 13.3. The number of nitrogens with one attached hydrogen (secondary N) is 1. The molecule has 0 saturated carbocycles. The summed E-state index contributed by atoms with van der Waals surface area (Å²) >= 11 is 0. The Hall–Kier alpha value is -3.12. The van der Waals surface area contributed by atoms with Crippen molar-refractivity contribution in [3.05, 3.63) is 67.3 Å². The van der Waals surface area contributed by atoms with Gasteiger partial charge in [-0.3, -0.25) is 10.0 Å². The molecule has 6 nitrogen and oxygen atoms in total. The molecule has 0 unspecified atom stereocenters. The lowest BCUT2D eigenvalue weighted by atomic mass is 10.1. The van der Waals surface area contributed by atoms with Crippen molar-refractivity contribution in [1.82, 2.24) is 10.4 Å². The molecule has 28 heavy (non-hydrogen) atoms. The lowest BCUT2D eigenvalue weighted by Gasteiger charge is -2.10. The van der Waals surface area contributed by atoms with Crippen LogP contribution in [0, 0.1) is 0 Å². The van der Waals surface area contributed by atoms with Gasteiger partial charge in [-0.25, -0.2) is 4.79 Å². The molecule has 0 spiro atoms. The van der Waals surface area contributed by atoms with Gasteiger partial charge in [0.15, 0.2) is 0 Å². The van der Waals surface area contributed by atoms with Crippen LogP contribution in [-0.2, 0) is 4.79 Å². The summed E-state index contributed by atoms with van der Waals surface area (Å²) < 4.78 is 5.89. The average Bonchev–Trinajstić information content (AvgIpc) is 2.73. The molecule has 0 aliphatic rings. The maximum atomic E-state index is 11.6. The van der Waals surface area contributed by atoms with E-state index in [1.54, 1.807) is 6.08 Å². The first-order chi connectivity index (χ1) is 13.6. The van der Waals surface area contributed by atoms with E-state index in [0.717, 1.165) is 35.8 Å². The Morgan fingerprint density at radius 3 is 2.71 bits per heavy atom. The van der Waals surface area contributed by atoms with Crippen LogP contribution in [0.4, 0.5) is 4.79 Å². The van der Waals surface area contributed by atoms with Crippen LogP contribution < -0.4 is 10.1 Å². The van der Waals surface area contributed by atoms with E-state index < -0.39 is 11.9 Å². The van der Waals surface area contributed by atoms with Crippen LogP contribution in [0.3, 0.4) is 0 Å². The third-order valence-electron chi connectivity index (χ3n) is 4.08. The molecule has 0 radical (unpaired) electrons. The number of carbonyl (C=O) groups is 2. The van der Waals surface area contributed by atoms with Crippen molar-refractivity contribution in [3.63, 3.8) is 0 Å². The molecule has 0 fully saturated rings. The van der Waals surface area contributed by atoms with Crippen molar-refractivity contribution >= 4 is 22.7 Å². The first-order valence-electron chi connectivity index (χ1n) is 9.32. The molecule has 0 bridgehead atoms. The number of hydroxylamine groups is 2. The molecule has 2 N–H and O–H groups in total. The molecule has 0 saturated heterocycles. The van der Waals surface area contributed by atoms with Crippen molar-refractivity contribution in [2.75, 3.05) is 13.2 Å². The number of hydrogen-bond acceptors (Lipinski definition) is 4. The standard InChI is InChI=1S/C22H26N2O4/c1-2-16-23-22(26)24(27)21(25)15-6-4-3-5-9-17-28-20-14-10-12-18-11-7-8-13-19(18)20/h2,6-8,10-15,27H,1,3-5,9,16-17H2,(H,23,26). The molecule has 0 aliphatic carbocycles. The number of nitrogens with zero attached hydrogens (tertiary/aromatic N) is 1. The molecule has 2 rings (SSSR count). The van der Waals surface area contributed by atoms with Crippen LogP contribution in [0.2, 0.25) is 0 Å². The number of carbonyl (C=O) groups excluding carboxylic acids is 2. The summed E-state index contributed by atoms with van der Waals surface area (Å²) in [5.41, 5.74) is 0. The molecule has 6 heteroatoms. The Kier molecular flexibility index (Phi) is 8.75. The summed E-state index contributed by atoms with van der Waals surface area (Å²) in [4.78, 5) is 23.0. The number of urea groups is 1. The maximum Gasteiger partial charge on any atom is 0.349 e. The molecule has 0 heterocycles. The largest absolute Gasteiger partial charge is 0.493 e. The van der Waals surface area contributed by atoms with Crippen molar-refractivity contribution in [1.29, 1.82) is 0 Å². The first-order valence-corrected chi connectivity index (χ1v) is 9.32. The van der Waals surface area contributed by atoms with Gasteiger partial charge in [0.1, 0.15) is 5.75 Å². The number of amides is 3. The fourth-order valence-electron chi connectivity index (χ4n) is 2.63. The van der Waals surface area contributed by atoms with Crippen LogP contribution in [-0.4, -0.2) is 35.4 Å². The Morgan fingerprint density at radius 1 is 1.11 bits per heavy atom. The zero-order valence-electron chi connectivity index (χ0n) is 15.8. The van der Waals surface area contributed by atoms with Crippen LogP contribution in [0.5, 0.6) is 5.75 Å². The van der Waals surface area contributed by atoms with Gasteiger partial charge in [-0.15, -0.1) is 11.6 Å². The Bertz CT molecular complexity index is 827. The summed E-state index contributed by atoms with van der Waals surface area (Å²) in [5, 5.41) is 14.1. The number of benzene rings is 2.